The van der Waals surface area contributed by atoms with E-state index < -0.39 is 6.36 Å². The van der Waals surface area contributed by atoms with Crippen LogP contribution < -0.4 is 10.1 Å². The first kappa shape index (κ1) is 17.1. The lowest BCUT2D eigenvalue weighted by molar-refractivity contribution is -0.274. The Morgan fingerprint density at radius 1 is 1.17 bits per heavy atom. The average Bonchev–Trinajstić information content (AvgIpc) is 2.47. The second-order valence-corrected chi connectivity index (χ2v) is 5.00. The van der Waals surface area contributed by atoms with E-state index in [0.717, 1.165) is 5.56 Å². The third-order valence-corrected chi connectivity index (χ3v) is 3.03. The van der Waals surface area contributed by atoms with Gasteiger partial charge in [0.05, 0.1) is 11.9 Å². The van der Waals surface area contributed by atoms with Gasteiger partial charge in [0.15, 0.2) is 0 Å². The number of nitrogens with one attached hydrogen (secondary N) is 1. The summed E-state index contributed by atoms with van der Waals surface area (Å²) in [7, 11) is 0. The Hall–Kier alpha value is -2.28. The third kappa shape index (κ3) is 6.15. The van der Waals surface area contributed by atoms with E-state index in [9.17, 15) is 18.0 Å². The second-order valence-electron chi connectivity index (χ2n) is 4.61. The molecule has 0 radical (unpaired) electrons. The van der Waals surface area contributed by atoms with E-state index in [1.807, 2.05) is 0 Å². The molecule has 0 aliphatic carbocycles. The van der Waals surface area contributed by atoms with Crippen LogP contribution in [0.1, 0.15) is 12.0 Å². The Kier molecular flexibility index (Phi) is 5.44. The van der Waals surface area contributed by atoms with E-state index in [-0.39, 0.29) is 18.1 Å². The van der Waals surface area contributed by atoms with Gasteiger partial charge in [0.25, 0.3) is 0 Å². The number of alkyl halides is 3. The number of halogens is 4. The van der Waals surface area contributed by atoms with Crippen LogP contribution in [-0.2, 0) is 11.2 Å². The smallest absolute Gasteiger partial charge is 0.406 e. The van der Waals surface area contributed by atoms with Crippen molar-refractivity contribution in [3.8, 4) is 5.75 Å². The monoisotopic (exact) mass is 344 g/mol. The molecule has 8 heteroatoms. The van der Waals surface area contributed by atoms with Gasteiger partial charge >= 0.3 is 6.36 Å². The SMILES string of the molecule is O=C(CCc1ccc(OC(F)(F)F)cc1)Nc1ccc(Cl)nc1. The number of hydrogen-bond acceptors (Lipinski definition) is 3. The van der Waals surface area contributed by atoms with E-state index in [0.29, 0.717) is 17.3 Å². The van der Waals surface area contributed by atoms with Crippen LogP contribution in [0.25, 0.3) is 0 Å². The number of carbonyl (C=O) groups is 1. The molecule has 0 bridgehead atoms. The summed E-state index contributed by atoms with van der Waals surface area (Å²) in [4.78, 5) is 15.6. The normalized spacial score (nSPS) is 11.1. The molecule has 0 spiro atoms. The summed E-state index contributed by atoms with van der Waals surface area (Å²) in [5.74, 6) is -0.525. The van der Waals surface area contributed by atoms with Gasteiger partial charge in [-0.3, -0.25) is 4.79 Å². The Bertz CT molecular complexity index is 658. The molecule has 1 aromatic heterocycles. The number of rotatable bonds is 5. The number of amides is 1. The highest BCUT2D eigenvalue weighted by Gasteiger charge is 2.30. The molecule has 122 valence electrons. The molecule has 0 saturated heterocycles. The largest absolute Gasteiger partial charge is 0.573 e. The number of hydrogen-bond donors (Lipinski definition) is 1. The zero-order chi connectivity index (χ0) is 16.9. The van der Waals surface area contributed by atoms with Gasteiger partial charge in [-0.05, 0) is 36.2 Å². The van der Waals surface area contributed by atoms with E-state index in [4.69, 9.17) is 11.6 Å². The molecule has 0 unspecified atom stereocenters. The maximum atomic E-state index is 12.0. The van der Waals surface area contributed by atoms with E-state index in [2.05, 4.69) is 15.0 Å². The van der Waals surface area contributed by atoms with E-state index in [1.54, 1.807) is 12.1 Å². The van der Waals surface area contributed by atoms with Crippen molar-refractivity contribution in [1.82, 2.24) is 4.98 Å². The maximum Gasteiger partial charge on any atom is 0.573 e. The molecule has 0 saturated carbocycles. The number of benzene rings is 1. The lowest BCUT2D eigenvalue weighted by Gasteiger charge is -2.09. The van der Waals surface area contributed by atoms with Crippen LogP contribution in [0.2, 0.25) is 5.15 Å². The number of carbonyl (C=O) groups excluding carboxylic acids is 1. The van der Waals surface area contributed by atoms with Gasteiger partial charge in [0.2, 0.25) is 5.91 Å². The highest BCUT2D eigenvalue weighted by Crippen LogP contribution is 2.23. The topological polar surface area (TPSA) is 51.2 Å². The molecular weight excluding hydrogens is 333 g/mol. The fourth-order valence-corrected chi connectivity index (χ4v) is 1.90. The van der Waals surface area contributed by atoms with Crippen molar-refractivity contribution < 1.29 is 22.7 Å². The van der Waals surface area contributed by atoms with Crippen molar-refractivity contribution in [2.75, 3.05) is 5.32 Å². The van der Waals surface area contributed by atoms with E-state index >= 15 is 0 Å². The summed E-state index contributed by atoms with van der Waals surface area (Å²) in [5.41, 5.74) is 1.25. The molecule has 0 fully saturated rings. The quantitative estimate of drug-likeness (QED) is 0.827. The summed E-state index contributed by atoms with van der Waals surface area (Å²) in [6.07, 6.45) is -2.71. The molecular formula is C15H12ClF3N2O2. The molecule has 0 aliphatic heterocycles. The van der Waals surface area contributed by atoms with Gasteiger partial charge in [0, 0.05) is 6.42 Å². The van der Waals surface area contributed by atoms with Crippen LogP contribution in [0.3, 0.4) is 0 Å². The first-order valence-electron chi connectivity index (χ1n) is 6.58. The van der Waals surface area contributed by atoms with Crippen molar-refractivity contribution in [1.29, 1.82) is 0 Å². The van der Waals surface area contributed by atoms with Crippen LogP contribution in [0, 0.1) is 0 Å². The molecule has 4 nitrogen and oxygen atoms in total. The standard InChI is InChI=1S/C15H12ClF3N2O2/c16-13-7-4-11(9-20-13)21-14(22)8-3-10-1-5-12(6-2-10)23-15(17,18)19/h1-2,4-7,9H,3,8H2,(H,21,22). The number of ether oxygens (including phenoxy) is 1. The van der Waals surface area contributed by atoms with Crippen LogP contribution >= 0.6 is 11.6 Å². The second kappa shape index (κ2) is 7.32. The minimum absolute atomic E-state index is 0.183. The molecule has 2 aromatic rings. The molecule has 1 aromatic carbocycles. The van der Waals surface area contributed by atoms with Gasteiger partial charge < -0.3 is 10.1 Å². The van der Waals surface area contributed by atoms with Crippen molar-refractivity contribution >= 4 is 23.2 Å². The first-order valence-corrected chi connectivity index (χ1v) is 6.96. The number of pyridine rings is 1. The number of aryl methyl sites for hydroxylation is 1. The highest BCUT2D eigenvalue weighted by atomic mass is 35.5. The summed E-state index contributed by atoms with van der Waals surface area (Å²) < 4.78 is 39.9. The lowest BCUT2D eigenvalue weighted by atomic mass is 10.1. The number of anilines is 1. The maximum absolute atomic E-state index is 12.0. The Morgan fingerprint density at radius 2 is 1.87 bits per heavy atom. The van der Waals surface area contributed by atoms with Crippen LogP contribution in [0.5, 0.6) is 5.75 Å². The lowest BCUT2D eigenvalue weighted by Crippen LogP contribution is -2.17. The zero-order valence-electron chi connectivity index (χ0n) is 11.7. The summed E-state index contributed by atoms with van der Waals surface area (Å²) >= 11 is 5.64. The highest BCUT2D eigenvalue weighted by molar-refractivity contribution is 6.29. The van der Waals surface area contributed by atoms with Crippen molar-refractivity contribution in [3.63, 3.8) is 0 Å². The van der Waals surface area contributed by atoms with Gasteiger partial charge in [-0.25, -0.2) is 4.98 Å². The Balaban J connectivity index is 1.83. The summed E-state index contributed by atoms with van der Waals surface area (Å²) in [6.45, 7) is 0. The fourth-order valence-electron chi connectivity index (χ4n) is 1.79. The van der Waals surface area contributed by atoms with Crippen LogP contribution in [-0.4, -0.2) is 17.3 Å². The predicted octanol–water partition coefficient (Wildman–Crippen LogP) is 4.20. The molecule has 1 amide bonds. The molecule has 2 rings (SSSR count). The van der Waals surface area contributed by atoms with Gasteiger partial charge in [0.1, 0.15) is 10.9 Å². The number of nitrogens with zero attached hydrogens (tertiary/aromatic N) is 1. The van der Waals surface area contributed by atoms with Crippen LogP contribution in [0.4, 0.5) is 18.9 Å². The average molecular weight is 345 g/mol. The minimum atomic E-state index is -4.71. The molecule has 1 heterocycles. The molecule has 0 atom stereocenters. The fraction of sp³-hybridized carbons (Fsp3) is 0.200. The minimum Gasteiger partial charge on any atom is -0.406 e. The Morgan fingerprint density at radius 3 is 2.43 bits per heavy atom. The molecule has 1 N–H and O–H groups in total. The molecule has 0 aliphatic rings. The van der Waals surface area contributed by atoms with Crippen molar-refractivity contribution in [2.45, 2.75) is 19.2 Å². The summed E-state index contributed by atoms with van der Waals surface area (Å²) in [5, 5.41) is 2.97. The van der Waals surface area contributed by atoms with Gasteiger partial charge in [-0.1, -0.05) is 23.7 Å². The Labute approximate surface area is 135 Å². The van der Waals surface area contributed by atoms with Crippen molar-refractivity contribution in [3.05, 3.63) is 53.3 Å². The van der Waals surface area contributed by atoms with Gasteiger partial charge in [-0.2, -0.15) is 0 Å². The third-order valence-electron chi connectivity index (χ3n) is 2.81. The first-order chi connectivity index (χ1) is 10.8. The van der Waals surface area contributed by atoms with Crippen LogP contribution in [0.15, 0.2) is 42.6 Å². The number of aromatic nitrogens is 1. The zero-order valence-corrected chi connectivity index (χ0v) is 12.5. The molecule has 23 heavy (non-hydrogen) atoms. The van der Waals surface area contributed by atoms with Crippen molar-refractivity contribution in [2.24, 2.45) is 0 Å². The van der Waals surface area contributed by atoms with Gasteiger partial charge in [-0.15, -0.1) is 13.2 Å². The predicted molar refractivity (Wildman–Crippen MR) is 79.3 cm³/mol. The van der Waals surface area contributed by atoms with E-state index in [1.165, 1.54) is 30.5 Å². The summed E-state index contributed by atoms with van der Waals surface area (Å²) in [6, 6.07) is 8.57.